The van der Waals surface area contributed by atoms with Gasteiger partial charge in [0, 0.05) is 22.8 Å². The maximum absolute atomic E-state index is 6.17. The second-order valence-electron chi connectivity index (χ2n) is 5.71. The van der Waals surface area contributed by atoms with Crippen molar-refractivity contribution in [1.29, 1.82) is 0 Å². The molecule has 3 aromatic rings. The largest absolute Gasteiger partial charge is 0.493 e. The van der Waals surface area contributed by atoms with E-state index in [1.807, 2.05) is 72.8 Å². The van der Waals surface area contributed by atoms with E-state index in [1.54, 1.807) is 7.11 Å². The SMILES string of the molecule is COc1cc(CNNc2ccccc2)ccc1OCc1ccccc1Cl. The minimum Gasteiger partial charge on any atom is -0.493 e. The van der Waals surface area contributed by atoms with Gasteiger partial charge >= 0.3 is 0 Å². The van der Waals surface area contributed by atoms with Crippen LogP contribution < -0.4 is 20.3 Å². The summed E-state index contributed by atoms with van der Waals surface area (Å²) in [6.45, 7) is 1.04. The van der Waals surface area contributed by atoms with Gasteiger partial charge in [-0.15, -0.1) is 0 Å². The van der Waals surface area contributed by atoms with Gasteiger partial charge in [-0.1, -0.05) is 54.1 Å². The summed E-state index contributed by atoms with van der Waals surface area (Å²) in [6, 6.07) is 23.5. The molecular formula is C21H21ClN2O2. The maximum atomic E-state index is 6.17. The van der Waals surface area contributed by atoms with Gasteiger partial charge in [-0.3, -0.25) is 0 Å². The summed E-state index contributed by atoms with van der Waals surface area (Å²) in [5, 5.41) is 0.694. The first kappa shape index (κ1) is 18.1. The number of rotatable bonds is 8. The van der Waals surface area contributed by atoms with Crippen LogP contribution in [0.5, 0.6) is 11.5 Å². The minimum atomic E-state index is 0.392. The Hall–Kier alpha value is -2.69. The molecule has 0 bridgehead atoms. The summed E-state index contributed by atoms with van der Waals surface area (Å²) in [5.41, 5.74) is 9.38. The third-order valence-electron chi connectivity index (χ3n) is 3.87. The van der Waals surface area contributed by atoms with Crippen LogP contribution in [-0.4, -0.2) is 7.11 Å². The number of halogens is 1. The normalized spacial score (nSPS) is 10.4. The third-order valence-corrected chi connectivity index (χ3v) is 4.24. The van der Waals surface area contributed by atoms with Gasteiger partial charge in [0.25, 0.3) is 0 Å². The number of hydrogen-bond donors (Lipinski definition) is 2. The van der Waals surface area contributed by atoms with Gasteiger partial charge in [0.2, 0.25) is 0 Å². The van der Waals surface area contributed by atoms with Crippen LogP contribution in [-0.2, 0) is 13.2 Å². The Balaban J connectivity index is 1.59. The molecule has 4 nitrogen and oxygen atoms in total. The van der Waals surface area contributed by atoms with Crippen LogP contribution in [0.25, 0.3) is 0 Å². The van der Waals surface area contributed by atoms with Crippen molar-refractivity contribution in [3.63, 3.8) is 0 Å². The van der Waals surface area contributed by atoms with E-state index in [0.29, 0.717) is 29.7 Å². The topological polar surface area (TPSA) is 42.5 Å². The molecule has 0 aliphatic rings. The third kappa shape index (κ3) is 4.91. The van der Waals surface area contributed by atoms with Crippen LogP contribution >= 0.6 is 11.6 Å². The maximum Gasteiger partial charge on any atom is 0.161 e. The summed E-state index contributed by atoms with van der Waals surface area (Å²) in [5.74, 6) is 1.38. The van der Waals surface area contributed by atoms with Gasteiger partial charge in [0.1, 0.15) is 6.61 Å². The van der Waals surface area contributed by atoms with E-state index >= 15 is 0 Å². The van der Waals surface area contributed by atoms with Crippen molar-refractivity contribution in [2.75, 3.05) is 12.5 Å². The molecule has 3 rings (SSSR count). The van der Waals surface area contributed by atoms with Crippen LogP contribution in [0.4, 0.5) is 5.69 Å². The minimum absolute atomic E-state index is 0.392. The highest BCUT2D eigenvalue weighted by Gasteiger charge is 2.07. The number of nitrogens with one attached hydrogen (secondary N) is 2. The molecule has 0 saturated heterocycles. The highest BCUT2D eigenvalue weighted by atomic mass is 35.5. The number of para-hydroxylation sites is 1. The second kappa shape index (κ2) is 9.13. The summed E-state index contributed by atoms with van der Waals surface area (Å²) in [7, 11) is 1.64. The molecular weight excluding hydrogens is 348 g/mol. The number of hydrazine groups is 1. The molecule has 26 heavy (non-hydrogen) atoms. The van der Waals surface area contributed by atoms with Crippen molar-refractivity contribution < 1.29 is 9.47 Å². The molecule has 0 amide bonds. The number of methoxy groups -OCH3 is 1. The average Bonchev–Trinajstić information content (AvgIpc) is 2.68. The fourth-order valence-corrected chi connectivity index (χ4v) is 2.67. The molecule has 0 saturated carbocycles. The Kier molecular flexibility index (Phi) is 6.36. The molecule has 0 heterocycles. The molecule has 0 aromatic heterocycles. The van der Waals surface area contributed by atoms with E-state index < -0.39 is 0 Å². The predicted octanol–water partition coefficient (Wildman–Crippen LogP) is 5.04. The zero-order valence-electron chi connectivity index (χ0n) is 14.5. The molecule has 0 radical (unpaired) electrons. The van der Waals surface area contributed by atoms with E-state index in [9.17, 15) is 0 Å². The van der Waals surface area contributed by atoms with Gasteiger partial charge in [-0.25, -0.2) is 5.43 Å². The van der Waals surface area contributed by atoms with Gasteiger partial charge in [0.15, 0.2) is 11.5 Å². The highest BCUT2D eigenvalue weighted by Crippen LogP contribution is 2.29. The lowest BCUT2D eigenvalue weighted by Gasteiger charge is -2.14. The Morgan fingerprint density at radius 1 is 0.885 bits per heavy atom. The van der Waals surface area contributed by atoms with Gasteiger partial charge in [-0.05, 0) is 35.9 Å². The van der Waals surface area contributed by atoms with Crippen LogP contribution in [0.1, 0.15) is 11.1 Å². The van der Waals surface area contributed by atoms with Crippen molar-refractivity contribution in [3.8, 4) is 11.5 Å². The van der Waals surface area contributed by atoms with Gasteiger partial charge in [-0.2, -0.15) is 0 Å². The highest BCUT2D eigenvalue weighted by molar-refractivity contribution is 6.31. The second-order valence-corrected chi connectivity index (χ2v) is 6.12. The van der Waals surface area contributed by atoms with E-state index in [1.165, 1.54) is 0 Å². The molecule has 0 spiro atoms. The first-order chi connectivity index (χ1) is 12.8. The fraction of sp³-hybridized carbons (Fsp3) is 0.143. The first-order valence-electron chi connectivity index (χ1n) is 8.33. The van der Waals surface area contributed by atoms with Crippen LogP contribution in [0, 0.1) is 0 Å². The predicted molar refractivity (Wildman–Crippen MR) is 106 cm³/mol. The zero-order valence-corrected chi connectivity index (χ0v) is 15.3. The zero-order chi connectivity index (χ0) is 18.2. The van der Waals surface area contributed by atoms with E-state index in [4.69, 9.17) is 21.1 Å². The Bertz CT molecular complexity index is 840. The number of hydrogen-bond acceptors (Lipinski definition) is 4. The van der Waals surface area contributed by atoms with E-state index in [-0.39, 0.29) is 0 Å². The standard InChI is InChI=1S/C21H21ClN2O2/c1-25-21-13-16(14-23-24-18-8-3-2-4-9-18)11-12-20(21)26-15-17-7-5-6-10-19(17)22/h2-13,23-24H,14-15H2,1H3. The van der Waals surface area contributed by atoms with Gasteiger partial charge in [0.05, 0.1) is 7.11 Å². The lowest BCUT2D eigenvalue weighted by Crippen LogP contribution is -2.20. The molecule has 0 fully saturated rings. The quantitative estimate of drug-likeness (QED) is 0.546. The van der Waals surface area contributed by atoms with Crippen molar-refractivity contribution in [3.05, 3.63) is 88.9 Å². The van der Waals surface area contributed by atoms with E-state index in [2.05, 4.69) is 10.9 Å². The molecule has 0 atom stereocenters. The molecule has 0 aliphatic carbocycles. The molecule has 134 valence electrons. The van der Waals surface area contributed by atoms with Crippen molar-refractivity contribution >= 4 is 17.3 Å². The van der Waals surface area contributed by atoms with Crippen LogP contribution in [0.15, 0.2) is 72.8 Å². The molecule has 0 aliphatic heterocycles. The van der Waals surface area contributed by atoms with Crippen molar-refractivity contribution in [2.24, 2.45) is 0 Å². The molecule has 3 aromatic carbocycles. The fourth-order valence-electron chi connectivity index (χ4n) is 2.48. The average molecular weight is 369 g/mol. The Morgan fingerprint density at radius 2 is 1.65 bits per heavy atom. The molecule has 5 heteroatoms. The number of ether oxygens (including phenoxy) is 2. The summed E-state index contributed by atoms with van der Waals surface area (Å²) < 4.78 is 11.3. The summed E-state index contributed by atoms with van der Waals surface area (Å²) in [6.07, 6.45) is 0. The number of benzene rings is 3. The van der Waals surface area contributed by atoms with Crippen molar-refractivity contribution in [1.82, 2.24) is 5.43 Å². The Labute approximate surface area is 158 Å². The monoisotopic (exact) mass is 368 g/mol. The lowest BCUT2D eigenvalue weighted by atomic mass is 10.2. The van der Waals surface area contributed by atoms with Gasteiger partial charge < -0.3 is 14.9 Å². The van der Waals surface area contributed by atoms with Crippen LogP contribution in [0.2, 0.25) is 5.02 Å². The Morgan fingerprint density at radius 3 is 2.42 bits per heavy atom. The van der Waals surface area contributed by atoms with E-state index in [0.717, 1.165) is 16.8 Å². The lowest BCUT2D eigenvalue weighted by molar-refractivity contribution is 0.284. The summed E-state index contributed by atoms with van der Waals surface area (Å²) in [4.78, 5) is 0. The summed E-state index contributed by atoms with van der Waals surface area (Å²) >= 11 is 6.17. The first-order valence-corrected chi connectivity index (χ1v) is 8.71. The smallest absolute Gasteiger partial charge is 0.161 e. The van der Waals surface area contributed by atoms with Crippen molar-refractivity contribution in [2.45, 2.75) is 13.2 Å². The number of anilines is 1. The molecule has 2 N–H and O–H groups in total. The van der Waals surface area contributed by atoms with Crippen LogP contribution in [0.3, 0.4) is 0 Å². The molecule has 0 unspecified atom stereocenters.